The zero-order chi connectivity index (χ0) is 44.8. The fraction of sp³-hybridized carbons (Fsp3) is 0.409. The van der Waals surface area contributed by atoms with Gasteiger partial charge in [0.25, 0.3) is 0 Å². The van der Waals surface area contributed by atoms with Crippen LogP contribution in [0.25, 0.3) is 32.7 Å². The molecular formula is C44H44Cl2O14. The number of aromatic hydroxyl groups is 4. The molecule has 0 aliphatic heterocycles. The summed E-state index contributed by atoms with van der Waals surface area (Å²) < 4.78 is 9.63. The van der Waals surface area contributed by atoms with Gasteiger partial charge in [-0.15, -0.1) is 0 Å². The zero-order valence-corrected chi connectivity index (χ0v) is 35.4. The standard InChI is InChI=1S/C44H44Cl2O14/c1-15(2)43(57)17(5)39(53)35-33(37(43)23(49)13-25(51)59-7)31(27-19(45)9-11-21(47)29(27)41(35)55)32-28-20(46)10-12-22(48)30(28)42(56)36-34(32)38(24(50)14-26(52)60-8)44(58,16(3)4)18(6)40(36)54/h9-12,15-18,37-38,47-48,55-58H,13-14H2,1-8H3. The van der Waals surface area contributed by atoms with Crippen molar-refractivity contribution in [1.29, 1.82) is 0 Å². The molecule has 4 aromatic carbocycles. The number of ether oxygens (including phenoxy) is 2. The summed E-state index contributed by atoms with van der Waals surface area (Å²) in [5.41, 5.74) is -7.73. The van der Waals surface area contributed by atoms with Crippen LogP contribution in [0.5, 0.6) is 23.0 Å². The summed E-state index contributed by atoms with van der Waals surface area (Å²) in [6.45, 7) is 8.71. The van der Waals surface area contributed by atoms with Crippen LogP contribution in [0.2, 0.25) is 10.0 Å². The number of phenolic OH excluding ortho intramolecular Hbond substituents is 4. The summed E-state index contributed by atoms with van der Waals surface area (Å²) in [6.07, 6.45) is -1.94. The van der Waals surface area contributed by atoms with Crippen LogP contribution >= 0.6 is 23.2 Å². The first-order valence-corrected chi connectivity index (χ1v) is 19.8. The molecule has 6 rings (SSSR count). The smallest absolute Gasteiger partial charge is 0.313 e. The van der Waals surface area contributed by atoms with Gasteiger partial charge in [-0.25, -0.2) is 0 Å². The summed E-state index contributed by atoms with van der Waals surface area (Å²) in [4.78, 5) is 84.9. The molecule has 2 aliphatic rings. The van der Waals surface area contributed by atoms with E-state index in [2.05, 4.69) is 0 Å². The van der Waals surface area contributed by atoms with Crippen LogP contribution in [0.4, 0.5) is 0 Å². The molecule has 60 heavy (non-hydrogen) atoms. The van der Waals surface area contributed by atoms with E-state index in [4.69, 9.17) is 32.7 Å². The summed E-state index contributed by atoms with van der Waals surface area (Å²) in [7, 11) is 2.06. The second-order valence-electron chi connectivity index (χ2n) is 16.2. The number of benzene rings is 4. The normalized spacial score (nSPS) is 23.8. The van der Waals surface area contributed by atoms with Gasteiger partial charge in [0.1, 0.15) is 35.8 Å². The van der Waals surface area contributed by atoms with Crippen molar-refractivity contribution in [1.82, 2.24) is 0 Å². The number of carbonyl (C=O) groups excluding carboxylic acids is 6. The highest BCUT2D eigenvalue weighted by atomic mass is 35.5. The van der Waals surface area contributed by atoms with E-state index in [0.717, 1.165) is 26.4 Å². The largest absolute Gasteiger partial charge is 0.507 e. The fourth-order valence-corrected chi connectivity index (χ4v) is 10.2. The van der Waals surface area contributed by atoms with Crippen LogP contribution < -0.4 is 0 Å². The quantitative estimate of drug-likeness (QED) is 0.0762. The Morgan fingerprint density at radius 2 is 0.917 bits per heavy atom. The zero-order valence-electron chi connectivity index (χ0n) is 33.9. The number of Topliss-reactive ketones (excluding diaryl/α,β-unsaturated/α-hetero) is 4. The lowest BCUT2D eigenvalue weighted by Crippen LogP contribution is -2.56. The van der Waals surface area contributed by atoms with Gasteiger partial charge in [0.2, 0.25) is 0 Å². The maximum Gasteiger partial charge on any atom is 0.313 e. The molecule has 6 atom stereocenters. The number of hydrogen-bond donors (Lipinski definition) is 6. The number of esters is 2. The van der Waals surface area contributed by atoms with Crippen molar-refractivity contribution in [3.63, 3.8) is 0 Å². The Hall–Kier alpha value is -5.28. The maximum atomic E-state index is 14.8. The molecule has 0 spiro atoms. The lowest BCUT2D eigenvalue weighted by molar-refractivity contribution is -0.149. The molecule has 0 heterocycles. The first-order chi connectivity index (χ1) is 28.0. The fourth-order valence-electron chi connectivity index (χ4n) is 9.67. The minimum absolute atomic E-state index is 0.271. The minimum Gasteiger partial charge on any atom is -0.507 e. The Morgan fingerprint density at radius 3 is 1.20 bits per heavy atom. The highest BCUT2D eigenvalue weighted by molar-refractivity contribution is 6.41. The number of rotatable bonds is 9. The average Bonchev–Trinajstić information content (AvgIpc) is 3.18. The van der Waals surface area contributed by atoms with Gasteiger partial charge >= 0.3 is 11.9 Å². The van der Waals surface area contributed by atoms with Crippen molar-refractivity contribution in [2.45, 2.75) is 77.4 Å². The molecule has 0 fully saturated rings. The second-order valence-corrected chi connectivity index (χ2v) is 17.0. The monoisotopic (exact) mass is 866 g/mol. The molecule has 0 saturated heterocycles. The van der Waals surface area contributed by atoms with Crippen LogP contribution in [-0.4, -0.2) is 91.1 Å². The lowest BCUT2D eigenvalue weighted by Gasteiger charge is -2.49. The van der Waals surface area contributed by atoms with E-state index in [1.165, 1.54) is 53.7 Å². The number of methoxy groups -OCH3 is 2. The van der Waals surface area contributed by atoms with Crippen LogP contribution in [0.3, 0.4) is 0 Å². The van der Waals surface area contributed by atoms with Crippen molar-refractivity contribution >= 4 is 79.8 Å². The van der Waals surface area contributed by atoms with Crippen LogP contribution in [0.1, 0.15) is 98.1 Å². The molecule has 4 aromatic rings. The topological polar surface area (TPSA) is 242 Å². The molecule has 0 aromatic heterocycles. The summed E-state index contributed by atoms with van der Waals surface area (Å²) in [5.74, 6) is -17.8. The third-order valence-corrected chi connectivity index (χ3v) is 13.4. The molecule has 6 N–H and O–H groups in total. The van der Waals surface area contributed by atoms with Crippen molar-refractivity contribution in [3.8, 4) is 34.1 Å². The highest BCUT2D eigenvalue weighted by Crippen LogP contribution is 2.63. The molecule has 2 aliphatic carbocycles. The number of ketones is 4. The van der Waals surface area contributed by atoms with Crippen LogP contribution in [0.15, 0.2) is 24.3 Å². The number of phenols is 4. The second kappa shape index (κ2) is 15.3. The predicted molar refractivity (Wildman–Crippen MR) is 219 cm³/mol. The summed E-state index contributed by atoms with van der Waals surface area (Å²) in [6, 6.07) is 4.62. The van der Waals surface area contributed by atoms with Gasteiger partial charge in [0.15, 0.2) is 23.1 Å². The molecule has 0 saturated carbocycles. The average molecular weight is 868 g/mol. The highest BCUT2D eigenvalue weighted by Gasteiger charge is 2.60. The molecule has 0 amide bonds. The summed E-state index contributed by atoms with van der Waals surface area (Å²) >= 11 is 14.0. The van der Waals surface area contributed by atoms with Crippen molar-refractivity contribution in [2.75, 3.05) is 14.2 Å². The Kier molecular flexibility index (Phi) is 11.3. The van der Waals surface area contributed by atoms with Crippen molar-refractivity contribution < 1.29 is 68.9 Å². The van der Waals surface area contributed by atoms with E-state index in [1.807, 2.05) is 0 Å². The van der Waals surface area contributed by atoms with E-state index in [9.17, 15) is 59.4 Å². The Balaban J connectivity index is 2.07. The van der Waals surface area contributed by atoms with Gasteiger partial charge in [-0.05, 0) is 58.4 Å². The summed E-state index contributed by atoms with van der Waals surface area (Å²) in [5, 5.41) is 70.9. The Morgan fingerprint density at radius 1 is 0.600 bits per heavy atom. The molecule has 14 nitrogen and oxygen atoms in total. The van der Waals surface area contributed by atoms with Gasteiger partial charge in [-0.3, -0.25) is 28.8 Å². The maximum absolute atomic E-state index is 14.8. The third-order valence-electron chi connectivity index (χ3n) is 12.8. The van der Waals surface area contributed by atoms with Gasteiger partial charge in [-0.1, -0.05) is 64.7 Å². The van der Waals surface area contributed by atoms with Crippen molar-refractivity contribution in [3.05, 3.63) is 56.6 Å². The van der Waals surface area contributed by atoms with Crippen LogP contribution in [0, 0.1) is 23.7 Å². The van der Waals surface area contributed by atoms with Gasteiger partial charge in [-0.2, -0.15) is 0 Å². The predicted octanol–water partition coefficient (Wildman–Crippen LogP) is 6.66. The molecule has 318 valence electrons. The van der Waals surface area contributed by atoms with E-state index >= 15 is 0 Å². The number of hydrogen-bond acceptors (Lipinski definition) is 14. The molecular weight excluding hydrogens is 823 g/mol. The van der Waals surface area contributed by atoms with Gasteiger partial charge < -0.3 is 40.1 Å². The number of fused-ring (bicyclic) bond motifs is 4. The SMILES string of the molecule is COC(=O)CC(=O)C1c2c(c(O)c3c(O)ccc(Cl)c3c2-c2c3c(c(O)c4c(O)ccc(Cl)c24)C(=O)C(C)C(O)(C(C)C)C3C(=O)CC(=O)OC)C(=O)C(C)C1(O)C(C)C. The Labute approximate surface area is 353 Å². The molecule has 16 heteroatoms. The van der Waals surface area contributed by atoms with E-state index in [0.29, 0.717) is 0 Å². The minimum atomic E-state index is -2.37. The number of halogens is 2. The molecule has 0 radical (unpaired) electrons. The Bertz CT molecular complexity index is 2420. The number of carbonyl (C=O) groups is 6. The molecule has 0 bridgehead atoms. The van der Waals surface area contributed by atoms with Crippen LogP contribution in [-0.2, 0) is 28.7 Å². The third kappa shape index (κ3) is 6.05. The van der Waals surface area contributed by atoms with Gasteiger partial charge in [0, 0.05) is 32.7 Å². The van der Waals surface area contributed by atoms with E-state index in [1.54, 1.807) is 0 Å². The first-order valence-electron chi connectivity index (χ1n) is 19.1. The van der Waals surface area contributed by atoms with Crippen molar-refractivity contribution in [2.24, 2.45) is 23.7 Å². The molecule has 6 unspecified atom stereocenters. The lowest BCUT2D eigenvalue weighted by atomic mass is 9.56. The van der Waals surface area contributed by atoms with Gasteiger partial charge in [0.05, 0.1) is 59.2 Å². The van der Waals surface area contributed by atoms with E-state index < -0.39 is 162 Å². The first kappa shape index (κ1) is 44.3. The van der Waals surface area contributed by atoms with E-state index in [-0.39, 0.29) is 20.8 Å². The number of aliphatic hydroxyl groups is 2.